The van der Waals surface area contributed by atoms with Gasteiger partial charge in [0.25, 0.3) is 0 Å². The van der Waals surface area contributed by atoms with Crippen molar-refractivity contribution in [2.45, 2.75) is 6.54 Å². The van der Waals surface area contributed by atoms with E-state index in [-0.39, 0.29) is 0 Å². The minimum absolute atomic E-state index is 0.402. The van der Waals surface area contributed by atoms with Gasteiger partial charge in [0.05, 0.1) is 17.3 Å². The molecule has 0 aliphatic carbocycles. The van der Waals surface area contributed by atoms with E-state index in [0.717, 1.165) is 0 Å². The van der Waals surface area contributed by atoms with Crippen molar-refractivity contribution in [2.24, 2.45) is 0 Å². The van der Waals surface area contributed by atoms with Gasteiger partial charge >= 0.3 is 0 Å². The van der Waals surface area contributed by atoms with Crippen LogP contribution in [0.3, 0.4) is 0 Å². The number of methoxy groups -OCH3 is 1. The van der Waals surface area contributed by atoms with E-state index in [1.54, 1.807) is 25.6 Å². The Morgan fingerprint density at radius 3 is 2.89 bits per heavy atom. The van der Waals surface area contributed by atoms with Crippen molar-refractivity contribution < 1.29 is 4.74 Å². The zero-order valence-electron chi connectivity index (χ0n) is 9.73. The van der Waals surface area contributed by atoms with Crippen LogP contribution in [-0.2, 0) is 11.3 Å². The molecule has 0 unspecified atom stereocenters. The molecular weight excluding hydrogens is 275 g/mol. The number of aromatic nitrogens is 3. The van der Waals surface area contributed by atoms with Crippen LogP contribution in [-0.4, -0.2) is 28.5 Å². The molecule has 1 aromatic carbocycles. The number of halogens is 2. The Bertz CT molecular complexity index is 556. The van der Waals surface area contributed by atoms with Crippen LogP contribution in [0.2, 0.25) is 10.0 Å². The zero-order valence-corrected chi connectivity index (χ0v) is 11.2. The maximum Gasteiger partial charge on any atom is 0.166 e. The van der Waals surface area contributed by atoms with Gasteiger partial charge < -0.3 is 15.0 Å². The molecule has 0 atom stereocenters. The van der Waals surface area contributed by atoms with Crippen molar-refractivity contribution in [3.05, 3.63) is 28.5 Å². The molecule has 0 spiro atoms. The third-order valence-corrected chi connectivity index (χ3v) is 3.02. The van der Waals surface area contributed by atoms with Gasteiger partial charge in [0.1, 0.15) is 6.33 Å². The largest absolute Gasteiger partial charge is 0.397 e. The van der Waals surface area contributed by atoms with Gasteiger partial charge in [-0.3, -0.25) is 0 Å². The van der Waals surface area contributed by atoms with Crippen molar-refractivity contribution >= 4 is 28.9 Å². The lowest BCUT2D eigenvalue weighted by molar-refractivity contribution is 0.187. The maximum absolute atomic E-state index is 6.00. The molecule has 1 heterocycles. The van der Waals surface area contributed by atoms with E-state index in [1.165, 1.54) is 0 Å². The Hall–Kier alpha value is -1.30. The van der Waals surface area contributed by atoms with Crippen molar-refractivity contribution in [3.8, 4) is 11.4 Å². The van der Waals surface area contributed by atoms with Crippen LogP contribution in [0.5, 0.6) is 0 Å². The first-order chi connectivity index (χ1) is 8.63. The van der Waals surface area contributed by atoms with E-state index in [0.29, 0.717) is 40.3 Å². The Kier molecular flexibility index (Phi) is 4.06. The van der Waals surface area contributed by atoms with E-state index in [1.807, 2.05) is 4.57 Å². The summed E-state index contributed by atoms with van der Waals surface area (Å²) in [7, 11) is 1.63. The van der Waals surface area contributed by atoms with Gasteiger partial charge in [0.15, 0.2) is 5.82 Å². The lowest BCUT2D eigenvalue weighted by Gasteiger charge is -2.09. The van der Waals surface area contributed by atoms with Gasteiger partial charge in [-0.15, -0.1) is 10.2 Å². The van der Waals surface area contributed by atoms with E-state index in [4.69, 9.17) is 33.7 Å². The van der Waals surface area contributed by atoms with Gasteiger partial charge in [0.2, 0.25) is 0 Å². The number of nitrogens with zero attached hydrogens (tertiary/aromatic N) is 3. The first kappa shape index (κ1) is 13.1. The summed E-state index contributed by atoms with van der Waals surface area (Å²) >= 11 is 12.0. The molecule has 2 N–H and O–H groups in total. The van der Waals surface area contributed by atoms with Gasteiger partial charge in [-0.05, 0) is 12.1 Å². The summed E-state index contributed by atoms with van der Waals surface area (Å²) < 4.78 is 6.86. The lowest BCUT2D eigenvalue weighted by Crippen LogP contribution is -2.06. The summed E-state index contributed by atoms with van der Waals surface area (Å²) in [5.74, 6) is 0.619. The average molecular weight is 287 g/mol. The molecule has 18 heavy (non-hydrogen) atoms. The van der Waals surface area contributed by atoms with Gasteiger partial charge in [0, 0.05) is 24.2 Å². The molecule has 0 saturated carbocycles. The smallest absolute Gasteiger partial charge is 0.166 e. The van der Waals surface area contributed by atoms with Crippen LogP contribution < -0.4 is 5.73 Å². The summed E-state index contributed by atoms with van der Waals surface area (Å²) in [5.41, 5.74) is 7.04. The van der Waals surface area contributed by atoms with Crippen molar-refractivity contribution in [1.82, 2.24) is 14.8 Å². The van der Waals surface area contributed by atoms with Crippen molar-refractivity contribution in [2.75, 3.05) is 19.5 Å². The minimum atomic E-state index is 0.402. The van der Waals surface area contributed by atoms with Gasteiger partial charge in [-0.1, -0.05) is 23.2 Å². The zero-order chi connectivity index (χ0) is 13.1. The monoisotopic (exact) mass is 286 g/mol. The van der Waals surface area contributed by atoms with Crippen LogP contribution in [0.4, 0.5) is 5.69 Å². The molecule has 0 aliphatic rings. The van der Waals surface area contributed by atoms with Gasteiger partial charge in [-0.25, -0.2) is 0 Å². The van der Waals surface area contributed by atoms with Crippen molar-refractivity contribution in [1.29, 1.82) is 0 Å². The molecular formula is C11H12Cl2N4O. The molecule has 0 aliphatic heterocycles. The summed E-state index contributed by atoms with van der Waals surface area (Å²) in [6, 6.07) is 3.31. The fraction of sp³-hybridized carbons (Fsp3) is 0.273. The minimum Gasteiger partial charge on any atom is -0.397 e. The molecule has 0 bridgehead atoms. The normalized spacial score (nSPS) is 10.8. The molecule has 7 heteroatoms. The molecule has 2 rings (SSSR count). The first-order valence-corrected chi connectivity index (χ1v) is 6.00. The lowest BCUT2D eigenvalue weighted by atomic mass is 10.1. The van der Waals surface area contributed by atoms with E-state index >= 15 is 0 Å². The molecule has 0 saturated heterocycles. The van der Waals surface area contributed by atoms with Gasteiger partial charge in [-0.2, -0.15) is 0 Å². The molecule has 96 valence electrons. The Labute approximate surface area is 114 Å². The Balaban J connectivity index is 2.45. The number of nitrogens with two attached hydrogens (primary N) is 1. The predicted molar refractivity (Wildman–Crippen MR) is 71.8 cm³/mol. The van der Waals surface area contributed by atoms with E-state index in [2.05, 4.69) is 10.2 Å². The fourth-order valence-corrected chi connectivity index (χ4v) is 2.08. The number of anilines is 1. The topological polar surface area (TPSA) is 66.0 Å². The molecule has 0 radical (unpaired) electrons. The highest BCUT2D eigenvalue weighted by atomic mass is 35.5. The van der Waals surface area contributed by atoms with Crippen molar-refractivity contribution in [3.63, 3.8) is 0 Å². The fourth-order valence-electron chi connectivity index (χ4n) is 1.59. The number of rotatable bonds is 4. The number of ether oxygens (including phenoxy) is 1. The van der Waals surface area contributed by atoms with Crippen LogP contribution >= 0.6 is 23.2 Å². The van der Waals surface area contributed by atoms with Crippen LogP contribution in [0.25, 0.3) is 11.4 Å². The highest BCUT2D eigenvalue weighted by Gasteiger charge is 2.13. The Morgan fingerprint density at radius 2 is 2.17 bits per heavy atom. The van der Waals surface area contributed by atoms with E-state index in [9.17, 15) is 0 Å². The number of hydrogen-bond donors (Lipinski definition) is 1. The third-order valence-electron chi connectivity index (χ3n) is 2.49. The summed E-state index contributed by atoms with van der Waals surface area (Å²) in [6.07, 6.45) is 1.61. The maximum atomic E-state index is 6.00. The molecule has 2 aromatic rings. The number of nitrogen functional groups attached to an aromatic ring is 1. The quantitative estimate of drug-likeness (QED) is 0.877. The molecule has 1 aromatic heterocycles. The first-order valence-electron chi connectivity index (χ1n) is 5.25. The second kappa shape index (κ2) is 5.56. The highest BCUT2D eigenvalue weighted by molar-refractivity contribution is 6.37. The third kappa shape index (κ3) is 2.58. The number of hydrogen-bond acceptors (Lipinski definition) is 4. The number of benzene rings is 1. The summed E-state index contributed by atoms with van der Waals surface area (Å²) in [6.45, 7) is 1.18. The van der Waals surface area contributed by atoms with Crippen LogP contribution in [0.1, 0.15) is 0 Å². The second-order valence-electron chi connectivity index (χ2n) is 3.69. The standard InChI is InChI=1S/C11H12Cl2N4O/c1-18-3-2-17-6-15-16-11(17)8-4-7(12)5-9(13)10(8)14/h4-6H,2-3,14H2,1H3. The van der Waals surface area contributed by atoms with E-state index < -0.39 is 0 Å². The summed E-state index contributed by atoms with van der Waals surface area (Å²) in [5, 5.41) is 8.82. The molecule has 0 amide bonds. The Morgan fingerprint density at radius 1 is 1.39 bits per heavy atom. The highest BCUT2D eigenvalue weighted by Crippen LogP contribution is 2.33. The van der Waals surface area contributed by atoms with Crippen LogP contribution in [0.15, 0.2) is 18.5 Å². The molecule has 5 nitrogen and oxygen atoms in total. The molecule has 0 fully saturated rings. The second-order valence-corrected chi connectivity index (χ2v) is 4.53. The summed E-state index contributed by atoms with van der Waals surface area (Å²) in [4.78, 5) is 0. The van der Waals surface area contributed by atoms with Crippen LogP contribution in [0, 0.1) is 0 Å². The SMILES string of the molecule is COCCn1cnnc1-c1cc(Cl)cc(Cl)c1N. The predicted octanol–water partition coefficient (Wildman–Crippen LogP) is 2.48. The average Bonchev–Trinajstić information content (AvgIpc) is 2.79.